The number of allylic oxidation sites excluding steroid dienone is 2. The van der Waals surface area contributed by atoms with Crippen molar-refractivity contribution in [2.24, 2.45) is 17.3 Å². The van der Waals surface area contributed by atoms with Crippen molar-refractivity contribution in [2.75, 3.05) is 0 Å². The van der Waals surface area contributed by atoms with E-state index in [0.29, 0.717) is 30.0 Å². The van der Waals surface area contributed by atoms with Gasteiger partial charge in [0, 0.05) is 12.3 Å². The van der Waals surface area contributed by atoms with E-state index in [0.717, 1.165) is 32.1 Å². The Kier molecular flexibility index (Phi) is 10.4. The Labute approximate surface area is 171 Å². The molecule has 1 aliphatic carbocycles. The van der Waals surface area contributed by atoms with Crippen LogP contribution < -0.4 is 0 Å². The summed E-state index contributed by atoms with van der Waals surface area (Å²) in [6.45, 7) is 8.59. The van der Waals surface area contributed by atoms with Gasteiger partial charge in [-0.2, -0.15) is 0 Å². The van der Waals surface area contributed by atoms with E-state index in [-0.39, 0.29) is 18.8 Å². The van der Waals surface area contributed by atoms with E-state index in [1.807, 2.05) is 0 Å². The minimum absolute atomic E-state index is 0.129. The molecule has 2 N–H and O–H groups in total. The molecular formula is C24H42O4. The topological polar surface area (TPSA) is 74.6 Å². The van der Waals surface area contributed by atoms with Gasteiger partial charge in [-0.05, 0) is 62.7 Å². The molecule has 0 bridgehead atoms. The smallest absolute Gasteiger partial charge is 0.335 e. The number of aliphatic carboxylic acids is 1. The fraction of sp³-hybridized carbons (Fsp3) is 0.833. The van der Waals surface area contributed by atoms with Gasteiger partial charge in [-0.15, -0.1) is 0 Å². The van der Waals surface area contributed by atoms with Crippen molar-refractivity contribution < 1.29 is 19.8 Å². The predicted octanol–water partition coefficient (Wildman–Crippen LogP) is 5.92. The quantitative estimate of drug-likeness (QED) is 0.283. The fourth-order valence-corrected chi connectivity index (χ4v) is 4.48. The molecule has 0 saturated heterocycles. The first-order valence-corrected chi connectivity index (χ1v) is 11.3. The summed E-state index contributed by atoms with van der Waals surface area (Å²) in [4.78, 5) is 23.4. The van der Waals surface area contributed by atoms with Gasteiger partial charge in [0.1, 0.15) is 5.78 Å². The molecule has 0 heterocycles. The zero-order valence-corrected chi connectivity index (χ0v) is 18.5. The second-order valence-corrected chi connectivity index (χ2v) is 9.45. The molecule has 1 fully saturated rings. The Morgan fingerprint density at radius 1 is 1.14 bits per heavy atom. The minimum Gasteiger partial charge on any atom is -0.479 e. The molecule has 1 unspecified atom stereocenters. The number of ketones is 1. The molecule has 162 valence electrons. The van der Waals surface area contributed by atoms with E-state index < -0.39 is 11.6 Å². The highest BCUT2D eigenvalue weighted by Gasteiger charge is 2.34. The second-order valence-electron chi connectivity index (χ2n) is 9.45. The number of hydrogen-bond donors (Lipinski definition) is 2. The van der Waals surface area contributed by atoms with E-state index in [9.17, 15) is 14.7 Å². The standard InChI is InChI=1S/C24H42O4/c1-5-16-23(3,4)17-11-9-12-19-14-15-21(25)20(19)13-8-7-10-18-24(28,6-2)22(26)27/h9,12,19-20,28H,5-8,10-11,13-18H2,1-4H3,(H,26,27)/t19-,20+,24?/m0/s1. The Morgan fingerprint density at radius 3 is 2.46 bits per heavy atom. The van der Waals surface area contributed by atoms with E-state index in [2.05, 4.69) is 32.9 Å². The average Bonchev–Trinajstić information content (AvgIpc) is 2.98. The lowest BCUT2D eigenvalue weighted by Crippen LogP contribution is -2.37. The van der Waals surface area contributed by atoms with Gasteiger partial charge in [0.25, 0.3) is 0 Å². The van der Waals surface area contributed by atoms with Crippen molar-refractivity contribution in [3.05, 3.63) is 12.2 Å². The predicted molar refractivity (Wildman–Crippen MR) is 114 cm³/mol. The summed E-state index contributed by atoms with van der Waals surface area (Å²) in [5.41, 5.74) is -1.21. The van der Waals surface area contributed by atoms with Gasteiger partial charge in [0.05, 0.1) is 0 Å². The van der Waals surface area contributed by atoms with E-state index in [1.54, 1.807) is 6.92 Å². The number of carbonyl (C=O) groups excluding carboxylic acids is 1. The van der Waals surface area contributed by atoms with Crippen molar-refractivity contribution in [2.45, 2.75) is 110 Å². The lowest BCUT2D eigenvalue weighted by molar-refractivity contribution is -0.159. The summed E-state index contributed by atoms with van der Waals surface area (Å²) in [6, 6.07) is 0. The van der Waals surface area contributed by atoms with Gasteiger partial charge in [0.15, 0.2) is 5.60 Å². The van der Waals surface area contributed by atoms with Crippen molar-refractivity contribution in [1.29, 1.82) is 0 Å². The van der Waals surface area contributed by atoms with Crippen LogP contribution in [-0.2, 0) is 9.59 Å². The molecule has 1 aliphatic rings. The third-order valence-corrected chi connectivity index (χ3v) is 6.54. The summed E-state index contributed by atoms with van der Waals surface area (Å²) in [6.07, 6.45) is 14.8. The average molecular weight is 395 g/mol. The molecule has 0 radical (unpaired) electrons. The summed E-state index contributed by atoms with van der Waals surface area (Å²) < 4.78 is 0. The molecule has 0 aromatic rings. The molecule has 1 rings (SSSR count). The van der Waals surface area contributed by atoms with Crippen LogP contribution in [0.4, 0.5) is 0 Å². The lowest BCUT2D eigenvalue weighted by Gasteiger charge is -2.23. The molecule has 4 nitrogen and oxygen atoms in total. The van der Waals surface area contributed by atoms with Crippen LogP contribution >= 0.6 is 0 Å². The van der Waals surface area contributed by atoms with Gasteiger partial charge in [-0.25, -0.2) is 4.79 Å². The zero-order chi connectivity index (χ0) is 21.2. The van der Waals surface area contributed by atoms with Crippen LogP contribution in [0.1, 0.15) is 105 Å². The molecule has 0 spiro atoms. The third-order valence-electron chi connectivity index (χ3n) is 6.54. The second kappa shape index (κ2) is 11.7. The van der Waals surface area contributed by atoms with Crippen molar-refractivity contribution in [3.8, 4) is 0 Å². The molecule has 0 aromatic heterocycles. The van der Waals surface area contributed by atoms with Gasteiger partial charge < -0.3 is 10.2 Å². The Hall–Kier alpha value is -1.16. The molecule has 28 heavy (non-hydrogen) atoms. The maximum absolute atomic E-state index is 12.3. The third kappa shape index (κ3) is 8.06. The number of unbranched alkanes of at least 4 members (excludes halogenated alkanes) is 2. The number of carbonyl (C=O) groups is 2. The first kappa shape index (κ1) is 24.9. The molecule has 3 atom stereocenters. The Bertz CT molecular complexity index is 523. The number of aliphatic hydroxyl groups is 1. The zero-order valence-electron chi connectivity index (χ0n) is 18.5. The van der Waals surface area contributed by atoms with Gasteiger partial charge in [-0.1, -0.05) is 59.1 Å². The first-order chi connectivity index (χ1) is 13.1. The van der Waals surface area contributed by atoms with Crippen molar-refractivity contribution >= 4 is 11.8 Å². The maximum Gasteiger partial charge on any atom is 0.335 e. The molecule has 4 heteroatoms. The number of Topliss-reactive ketones (excluding diaryl/α,β-unsaturated/α-hetero) is 1. The number of carboxylic acids is 1. The summed E-state index contributed by atoms with van der Waals surface area (Å²) in [5, 5.41) is 19.2. The summed E-state index contributed by atoms with van der Waals surface area (Å²) >= 11 is 0. The Morgan fingerprint density at radius 2 is 1.86 bits per heavy atom. The number of hydrogen-bond acceptors (Lipinski definition) is 3. The highest BCUT2D eigenvalue weighted by atomic mass is 16.4. The lowest BCUT2D eigenvalue weighted by atomic mass is 9.83. The van der Waals surface area contributed by atoms with Gasteiger partial charge >= 0.3 is 5.97 Å². The largest absolute Gasteiger partial charge is 0.479 e. The molecular weight excluding hydrogens is 352 g/mol. The van der Waals surface area contributed by atoms with Crippen LogP contribution in [0.3, 0.4) is 0 Å². The minimum atomic E-state index is -1.60. The van der Waals surface area contributed by atoms with E-state index in [4.69, 9.17) is 5.11 Å². The van der Waals surface area contributed by atoms with Crippen LogP contribution in [0.5, 0.6) is 0 Å². The monoisotopic (exact) mass is 394 g/mol. The highest BCUT2D eigenvalue weighted by Crippen LogP contribution is 2.35. The van der Waals surface area contributed by atoms with Gasteiger partial charge in [0.2, 0.25) is 0 Å². The summed E-state index contributed by atoms with van der Waals surface area (Å²) in [5.74, 6) is -0.248. The normalized spacial score (nSPS) is 22.7. The fourth-order valence-electron chi connectivity index (χ4n) is 4.48. The summed E-state index contributed by atoms with van der Waals surface area (Å²) in [7, 11) is 0. The first-order valence-electron chi connectivity index (χ1n) is 11.3. The van der Waals surface area contributed by atoms with E-state index >= 15 is 0 Å². The van der Waals surface area contributed by atoms with Gasteiger partial charge in [-0.3, -0.25) is 4.79 Å². The Balaban J connectivity index is 2.38. The van der Waals surface area contributed by atoms with Crippen LogP contribution in [-0.4, -0.2) is 27.6 Å². The number of rotatable bonds is 14. The van der Waals surface area contributed by atoms with Crippen LogP contribution in [0.25, 0.3) is 0 Å². The highest BCUT2D eigenvalue weighted by molar-refractivity contribution is 5.83. The van der Waals surface area contributed by atoms with Crippen LogP contribution in [0, 0.1) is 17.3 Å². The molecule has 0 aliphatic heterocycles. The van der Waals surface area contributed by atoms with Crippen LogP contribution in [0.15, 0.2) is 12.2 Å². The van der Waals surface area contributed by atoms with Crippen molar-refractivity contribution in [3.63, 3.8) is 0 Å². The van der Waals surface area contributed by atoms with Crippen molar-refractivity contribution in [1.82, 2.24) is 0 Å². The SMILES string of the molecule is CCCC(C)(C)CCC=C[C@H]1CCC(=O)[C@@H]1CCCCCC(O)(CC)C(=O)O. The maximum atomic E-state index is 12.3. The molecule has 0 aromatic carbocycles. The van der Waals surface area contributed by atoms with E-state index in [1.165, 1.54) is 19.3 Å². The molecule has 1 saturated carbocycles. The van der Waals surface area contributed by atoms with Crippen LogP contribution in [0.2, 0.25) is 0 Å². The molecule has 0 amide bonds. The number of carboxylic acid groups (broad SMARTS) is 1.